The summed E-state index contributed by atoms with van der Waals surface area (Å²) in [6.07, 6.45) is 2.61. The molecular weight excluding hydrogens is 434 g/mol. The largest absolute Gasteiger partial charge is 0.490 e. The van der Waals surface area contributed by atoms with Gasteiger partial charge in [-0.05, 0) is 71.7 Å². The molecule has 0 spiro atoms. The van der Waals surface area contributed by atoms with Crippen LogP contribution < -0.4 is 9.47 Å². The fourth-order valence-corrected chi connectivity index (χ4v) is 3.78. The third-order valence-electron chi connectivity index (χ3n) is 3.92. The first-order valence-corrected chi connectivity index (χ1v) is 10.4. The van der Waals surface area contributed by atoms with Crippen molar-refractivity contribution in [3.63, 3.8) is 0 Å². The number of nitrogens with zero attached hydrogens (tertiary/aromatic N) is 1. The summed E-state index contributed by atoms with van der Waals surface area (Å²) >= 11 is 4.45. The summed E-state index contributed by atoms with van der Waals surface area (Å²) in [7, 11) is 1.53. The summed E-state index contributed by atoms with van der Waals surface area (Å²) in [4.78, 5) is 26.1. The number of amides is 2. The van der Waals surface area contributed by atoms with Crippen molar-refractivity contribution >= 4 is 44.9 Å². The molecule has 0 radical (unpaired) electrons. The van der Waals surface area contributed by atoms with E-state index in [0.29, 0.717) is 29.6 Å². The molecule has 1 atom stereocenters. The summed E-state index contributed by atoms with van der Waals surface area (Å²) in [5.74, 6) is 0.921. The highest BCUT2D eigenvalue weighted by molar-refractivity contribution is 9.10. The molecule has 2 rings (SSSR count). The lowest BCUT2D eigenvalue weighted by atomic mass is 10.1. The molecule has 1 aromatic carbocycles. The second-order valence-electron chi connectivity index (χ2n) is 5.93. The van der Waals surface area contributed by atoms with Crippen molar-refractivity contribution in [2.45, 2.75) is 33.3 Å². The lowest BCUT2D eigenvalue weighted by Gasteiger charge is -2.18. The molecule has 1 saturated heterocycles. The van der Waals surface area contributed by atoms with E-state index >= 15 is 0 Å². The minimum Gasteiger partial charge on any atom is -0.490 e. The lowest BCUT2D eigenvalue weighted by molar-refractivity contribution is -0.123. The van der Waals surface area contributed by atoms with E-state index in [1.165, 1.54) is 12.0 Å². The molecule has 0 saturated carbocycles. The van der Waals surface area contributed by atoms with Gasteiger partial charge in [0.1, 0.15) is 0 Å². The zero-order valence-corrected chi connectivity index (χ0v) is 18.3. The second kappa shape index (κ2) is 10.1. The number of rotatable bonds is 9. The Labute approximate surface area is 172 Å². The average Bonchev–Trinajstić information content (AvgIpc) is 2.89. The lowest BCUT2D eigenvalue weighted by Crippen LogP contribution is -2.31. The molecule has 6 nitrogen and oxygen atoms in total. The van der Waals surface area contributed by atoms with Crippen LogP contribution in [0.2, 0.25) is 0 Å². The van der Waals surface area contributed by atoms with Crippen LogP contribution in [0.25, 0.3) is 6.08 Å². The number of hydrogen-bond acceptors (Lipinski definition) is 6. The molecule has 0 bridgehead atoms. The molecule has 1 aromatic rings. The number of imide groups is 1. The Morgan fingerprint density at radius 3 is 2.67 bits per heavy atom. The van der Waals surface area contributed by atoms with Crippen molar-refractivity contribution in [2.24, 2.45) is 0 Å². The van der Waals surface area contributed by atoms with Crippen molar-refractivity contribution in [1.29, 1.82) is 0 Å². The van der Waals surface area contributed by atoms with Gasteiger partial charge >= 0.3 is 0 Å². The van der Waals surface area contributed by atoms with Gasteiger partial charge in [-0.2, -0.15) is 0 Å². The molecule has 148 valence electrons. The Hall–Kier alpha value is -1.51. The van der Waals surface area contributed by atoms with Gasteiger partial charge < -0.3 is 14.2 Å². The van der Waals surface area contributed by atoms with Crippen LogP contribution in [0.15, 0.2) is 21.5 Å². The van der Waals surface area contributed by atoms with Crippen LogP contribution in [0.4, 0.5) is 4.79 Å². The van der Waals surface area contributed by atoms with Gasteiger partial charge in [0, 0.05) is 7.11 Å². The number of ether oxygens (including phenoxy) is 3. The quantitative estimate of drug-likeness (QED) is 0.500. The number of hydrogen-bond donors (Lipinski definition) is 0. The van der Waals surface area contributed by atoms with E-state index in [1.807, 2.05) is 32.9 Å². The Kier molecular flexibility index (Phi) is 8.19. The Morgan fingerprint density at radius 1 is 1.30 bits per heavy atom. The molecule has 1 fully saturated rings. The van der Waals surface area contributed by atoms with Crippen LogP contribution in [-0.4, -0.2) is 49.0 Å². The first kappa shape index (κ1) is 21.8. The molecule has 0 aromatic heterocycles. The molecule has 0 aliphatic carbocycles. The van der Waals surface area contributed by atoms with E-state index in [9.17, 15) is 9.59 Å². The highest BCUT2D eigenvalue weighted by Crippen LogP contribution is 2.40. The highest BCUT2D eigenvalue weighted by Gasteiger charge is 2.34. The molecule has 27 heavy (non-hydrogen) atoms. The van der Waals surface area contributed by atoms with E-state index < -0.39 is 0 Å². The number of halogens is 1. The monoisotopic (exact) mass is 457 g/mol. The Morgan fingerprint density at radius 2 is 2.04 bits per heavy atom. The smallest absolute Gasteiger partial charge is 0.293 e. The molecule has 8 heteroatoms. The highest BCUT2D eigenvalue weighted by atomic mass is 79.9. The average molecular weight is 458 g/mol. The number of carbonyl (C=O) groups excluding carboxylic acids is 2. The molecule has 1 aliphatic rings. The first-order valence-electron chi connectivity index (χ1n) is 8.78. The van der Waals surface area contributed by atoms with E-state index in [0.717, 1.165) is 28.2 Å². The number of thioether (sulfide) groups is 1. The van der Waals surface area contributed by atoms with Gasteiger partial charge in [0.2, 0.25) is 0 Å². The minimum absolute atomic E-state index is 0.0450. The summed E-state index contributed by atoms with van der Waals surface area (Å²) < 4.78 is 17.4. The second-order valence-corrected chi connectivity index (χ2v) is 7.77. The van der Waals surface area contributed by atoms with Crippen LogP contribution in [0.3, 0.4) is 0 Å². The first-order chi connectivity index (χ1) is 12.9. The number of carbonyl (C=O) groups is 2. The van der Waals surface area contributed by atoms with Crippen LogP contribution in [0, 0.1) is 0 Å². The van der Waals surface area contributed by atoms with E-state index in [2.05, 4.69) is 15.9 Å². The van der Waals surface area contributed by atoms with Gasteiger partial charge in [-0.3, -0.25) is 14.5 Å². The maximum absolute atomic E-state index is 12.5. The van der Waals surface area contributed by atoms with Crippen molar-refractivity contribution in [3.8, 4) is 11.5 Å². The van der Waals surface area contributed by atoms with Crippen LogP contribution in [-0.2, 0) is 9.53 Å². The van der Waals surface area contributed by atoms with Gasteiger partial charge in [-0.1, -0.05) is 6.92 Å². The Bertz CT molecular complexity index is 737. The maximum atomic E-state index is 12.5. The summed E-state index contributed by atoms with van der Waals surface area (Å²) in [5.41, 5.74) is 0.749. The fraction of sp³-hybridized carbons (Fsp3) is 0.474. The van der Waals surface area contributed by atoms with Crippen LogP contribution in [0.5, 0.6) is 11.5 Å². The Balaban J connectivity index is 2.32. The van der Waals surface area contributed by atoms with E-state index in [4.69, 9.17) is 14.2 Å². The molecule has 0 N–H and O–H groups in total. The SMILES string of the molecule is CCOc1cc(/C=C2/SC(=O)N(CCOC)C2=O)cc(Br)c1O[C@H](C)CC. The number of benzene rings is 1. The zero-order chi connectivity index (χ0) is 20.0. The molecule has 1 aliphatic heterocycles. The molecule has 0 unspecified atom stereocenters. The summed E-state index contributed by atoms with van der Waals surface area (Å²) in [5, 5.41) is -0.288. The van der Waals surface area contributed by atoms with Crippen molar-refractivity contribution in [1.82, 2.24) is 4.90 Å². The topological polar surface area (TPSA) is 65.1 Å². The van der Waals surface area contributed by atoms with Crippen molar-refractivity contribution < 1.29 is 23.8 Å². The predicted molar refractivity (Wildman–Crippen MR) is 110 cm³/mol. The summed E-state index contributed by atoms with van der Waals surface area (Å²) in [6.45, 7) is 6.98. The van der Waals surface area contributed by atoms with Crippen molar-refractivity contribution in [2.75, 3.05) is 26.9 Å². The molecular formula is C19H24BrNO5S. The summed E-state index contributed by atoms with van der Waals surface area (Å²) in [6, 6.07) is 3.67. The van der Waals surface area contributed by atoms with Crippen LogP contribution in [0.1, 0.15) is 32.8 Å². The zero-order valence-electron chi connectivity index (χ0n) is 15.9. The predicted octanol–water partition coefficient (Wildman–Crippen LogP) is 4.71. The number of methoxy groups -OCH3 is 1. The third-order valence-corrected chi connectivity index (χ3v) is 5.41. The maximum Gasteiger partial charge on any atom is 0.293 e. The van der Waals surface area contributed by atoms with E-state index in [1.54, 1.807) is 6.08 Å². The third kappa shape index (κ3) is 5.49. The molecule has 2 amide bonds. The fourth-order valence-electron chi connectivity index (χ4n) is 2.36. The standard InChI is InChI=1S/C19H24BrNO5S/c1-5-12(3)26-17-14(20)9-13(10-15(17)25-6-2)11-16-18(22)21(7-8-24-4)19(23)27-16/h9-12H,5-8H2,1-4H3/b16-11+/t12-/m1/s1. The van der Waals surface area contributed by atoms with Gasteiger partial charge in [-0.15, -0.1) is 0 Å². The normalized spacial score (nSPS) is 16.9. The molecule has 1 heterocycles. The van der Waals surface area contributed by atoms with Gasteiger partial charge in [-0.25, -0.2) is 0 Å². The van der Waals surface area contributed by atoms with Crippen LogP contribution >= 0.6 is 27.7 Å². The van der Waals surface area contributed by atoms with E-state index in [-0.39, 0.29) is 23.8 Å². The van der Waals surface area contributed by atoms with Gasteiger partial charge in [0.05, 0.1) is 35.2 Å². The minimum atomic E-state index is -0.309. The van der Waals surface area contributed by atoms with Gasteiger partial charge in [0.15, 0.2) is 11.5 Å². The van der Waals surface area contributed by atoms with Crippen molar-refractivity contribution in [3.05, 3.63) is 27.1 Å². The van der Waals surface area contributed by atoms with Gasteiger partial charge in [0.25, 0.3) is 11.1 Å².